The van der Waals surface area contributed by atoms with Crippen molar-refractivity contribution in [2.45, 2.75) is 79.6 Å². The number of hydrogen-bond donors (Lipinski definition) is 0. The van der Waals surface area contributed by atoms with Crippen LogP contribution in [0.4, 0.5) is 0 Å². The van der Waals surface area contributed by atoms with Gasteiger partial charge in [-0.05, 0) is 32.6 Å². The minimum absolute atomic E-state index is 0.0615. The number of ether oxygens (including phenoxy) is 2. The first-order valence-electron chi connectivity index (χ1n) is 9.06. The Morgan fingerprint density at radius 3 is 1.83 bits per heavy atom. The zero-order valence-electron chi connectivity index (χ0n) is 15.6. The monoisotopic (exact) mass is 326 g/mol. The minimum Gasteiger partial charge on any atom is -0.463 e. The SMILES string of the molecule is CCCCCCCC/C(C(=O)OCC)=C(/C(=O)OCC)C(C)C. The molecule has 0 spiro atoms. The van der Waals surface area contributed by atoms with Crippen molar-refractivity contribution in [3.05, 3.63) is 11.1 Å². The van der Waals surface area contributed by atoms with Gasteiger partial charge < -0.3 is 9.47 Å². The van der Waals surface area contributed by atoms with Gasteiger partial charge in [0.2, 0.25) is 0 Å². The zero-order valence-corrected chi connectivity index (χ0v) is 15.6. The van der Waals surface area contributed by atoms with Gasteiger partial charge in [-0.15, -0.1) is 0 Å². The number of carbonyl (C=O) groups is 2. The van der Waals surface area contributed by atoms with Crippen molar-refractivity contribution in [3.63, 3.8) is 0 Å². The van der Waals surface area contributed by atoms with E-state index < -0.39 is 5.97 Å². The van der Waals surface area contributed by atoms with Crippen LogP contribution in [0.3, 0.4) is 0 Å². The van der Waals surface area contributed by atoms with Gasteiger partial charge in [-0.2, -0.15) is 0 Å². The van der Waals surface area contributed by atoms with Gasteiger partial charge >= 0.3 is 11.9 Å². The molecule has 0 saturated carbocycles. The van der Waals surface area contributed by atoms with Gasteiger partial charge in [0.15, 0.2) is 0 Å². The van der Waals surface area contributed by atoms with E-state index in [1.165, 1.54) is 25.7 Å². The van der Waals surface area contributed by atoms with Crippen LogP contribution in [0.5, 0.6) is 0 Å². The van der Waals surface area contributed by atoms with E-state index in [4.69, 9.17) is 9.47 Å². The number of esters is 2. The fraction of sp³-hybridized carbons (Fsp3) is 0.789. The highest BCUT2D eigenvalue weighted by atomic mass is 16.5. The second-order valence-corrected chi connectivity index (χ2v) is 6.01. The molecule has 0 saturated heterocycles. The van der Waals surface area contributed by atoms with Gasteiger partial charge in [-0.25, -0.2) is 9.59 Å². The van der Waals surface area contributed by atoms with Crippen molar-refractivity contribution < 1.29 is 19.1 Å². The van der Waals surface area contributed by atoms with Gasteiger partial charge in [0.1, 0.15) is 0 Å². The van der Waals surface area contributed by atoms with Gasteiger partial charge in [0.25, 0.3) is 0 Å². The quantitative estimate of drug-likeness (QED) is 0.293. The summed E-state index contributed by atoms with van der Waals surface area (Å²) in [7, 11) is 0. The smallest absolute Gasteiger partial charge is 0.334 e. The Morgan fingerprint density at radius 1 is 0.783 bits per heavy atom. The molecule has 0 radical (unpaired) electrons. The molecule has 0 fully saturated rings. The second kappa shape index (κ2) is 13.1. The summed E-state index contributed by atoms with van der Waals surface area (Å²) in [4.78, 5) is 24.5. The first-order valence-corrected chi connectivity index (χ1v) is 9.06. The highest BCUT2D eigenvalue weighted by Crippen LogP contribution is 2.23. The van der Waals surface area contributed by atoms with Crippen LogP contribution in [0, 0.1) is 5.92 Å². The van der Waals surface area contributed by atoms with Crippen molar-refractivity contribution in [1.82, 2.24) is 0 Å². The van der Waals surface area contributed by atoms with E-state index in [1.54, 1.807) is 13.8 Å². The predicted molar refractivity (Wildman–Crippen MR) is 93.1 cm³/mol. The maximum Gasteiger partial charge on any atom is 0.334 e. The Morgan fingerprint density at radius 2 is 1.30 bits per heavy atom. The summed E-state index contributed by atoms with van der Waals surface area (Å²) in [5.74, 6) is -0.831. The molecule has 4 heteroatoms. The largest absolute Gasteiger partial charge is 0.463 e. The molecule has 0 aromatic heterocycles. The van der Waals surface area contributed by atoms with E-state index in [-0.39, 0.29) is 11.9 Å². The third kappa shape index (κ3) is 8.77. The van der Waals surface area contributed by atoms with Crippen LogP contribution in [0.25, 0.3) is 0 Å². The fourth-order valence-electron chi connectivity index (χ4n) is 2.56. The fourth-order valence-corrected chi connectivity index (χ4v) is 2.56. The summed E-state index contributed by atoms with van der Waals surface area (Å²) in [6.45, 7) is 10.2. The van der Waals surface area contributed by atoms with E-state index in [2.05, 4.69) is 6.92 Å². The first-order chi connectivity index (χ1) is 11.0. The maximum absolute atomic E-state index is 12.3. The van der Waals surface area contributed by atoms with Crippen molar-refractivity contribution in [2.75, 3.05) is 13.2 Å². The molecule has 0 aliphatic carbocycles. The summed E-state index contributed by atoms with van der Waals surface area (Å²) in [6.07, 6.45) is 7.40. The minimum atomic E-state index is -0.392. The Labute approximate surface area is 141 Å². The molecule has 134 valence electrons. The molecule has 0 aromatic rings. The molecule has 0 unspecified atom stereocenters. The number of rotatable bonds is 12. The zero-order chi connectivity index (χ0) is 17.7. The molecule has 0 aromatic carbocycles. The van der Waals surface area contributed by atoms with Crippen molar-refractivity contribution in [2.24, 2.45) is 5.92 Å². The molecule has 0 N–H and O–H groups in total. The van der Waals surface area contributed by atoms with Crippen molar-refractivity contribution in [1.29, 1.82) is 0 Å². The molecule has 0 heterocycles. The van der Waals surface area contributed by atoms with E-state index in [9.17, 15) is 9.59 Å². The standard InChI is InChI=1S/C19H34O4/c1-6-9-10-11-12-13-14-16(18(20)22-7-2)17(15(4)5)19(21)23-8-3/h15H,6-14H2,1-5H3/b17-16-. The molecular weight excluding hydrogens is 292 g/mol. The summed E-state index contributed by atoms with van der Waals surface area (Å²) in [5.41, 5.74) is 0.967. The molecule has 0 aliphatic heterocycles. The van der Waals surface area contributed by atoms with Crippen LogP contribution in [0.2, 0.25) is 0 Å². The number of hydrogen-bond acceptors (Lipinski definition) is 4. The second-order valence-electron chi connectivity index (χ2n) is 6.01. The summed E-state index contributed by atoms with van der Waals surface area (Å²) >= 11 is 0. The highest BCUT2D eigenvalue weighted by molar-refractivity contribution is 6.00. The van der Waals surface area contributed by atoms with E-state index in [1.807, 2.05) is 13.8 Å². The van der Waals surface area contributed by atoms with Crippen LogP contribution in [-0.4, -0.2) is 25.2 Å². The Balaban J connectivity index is 5.03. The third-order valence-corrected chi connectivity index (χ3v) is 3.70. The average molecular weight is 326 g/mol. The van der Waals surface area contributed by atoms with E-state index >= 15 is 0 Å². The Hall–Kier alpha value is -1.32. The topological polar surface area (TPSA) is 52.6 Å². The lowest BCUT2D eigenvalue weighted by atomic mass is 9.93. The van der Waals surface area contributed by atoms with Gasteiger partial charge in [0, 0.05) is 5.57 Å². The lowest BCUT2D eigenvalue weighted by Gasteiger charge is -2.16. The van der Waals surface area contributed by atoms with E-state index in [0.717, 1.165) is 12.8 Å². The van der Waals surface area contributed by atoms with Crippen molar-refractivity contribution in [3.8, 4) is 0 Å². The molecule has 0 bridgehead atoms. The molecular formula is C19H34O4. The first kappa shape index (κ1) is 21.7. The maximum atomic E-state index is 12.3. The van der Waals surface area contributed by atoms with Crippen molar-refractivity contribution >= 4 is 11.9 Å². The molecule has 0 amide bonds. The normalized spacial score (nSPS) is 12.1. The summed E-state index contributed by atoms with van der Waals surface area (Å²) < 4.78 is 10.3. The van der Waals surface area contributed by atoms with Crippen LogP contribution < -0.4 is 0 Å². The number of unbranched alkanes of at least 4 members (excludes halogenated alkanes) is 5. The lowest BCUT2D eigenvalue weighted by molar-refractivity contribution is -0.142. The van der Waals surface area contributed by atoms with Crippen LogP contribution in [-0.2, 0) is 19.1 Å². The molecule has 4 nitrogen and oxygen atoms in total. The third-order valence-electron chi connectivity index (χ3n) is 3.70. The highest BCUT2D eigenvalue weighted by Gasteiger charge is 2.25. The molecule has 0 aliphatic rings. The van der Waals surface area contributed by atoms with Gasteiger partial charge in [-0.3, -0.25) is 0 Å². The summed E-state index contributed by atoms with van der Waals surface area (Å²) in [6, 6.07) is 0. The molecule has 0 atom stereocenters. The van der Waals surface area contributed by atoms with E-state index in [0.29, 0.717) is 30.8 Å². The average Bonchev–Trinajstić information content (AvgIpc) is 2.49. The summed E-state index contributed by atoms with van der Waals surface area (Å²) in [5, 5.41) is 0. The Kier molecular flexibility index (Phi) is 12.4. The van der Waals surface area contributed by atoms with Crippen LogP contribution >= 0.6 is 0 Å². The predicted octanol–water partition coefficient (Wildman–Crippen LogP) is 4.82. The molecule has 0 rings (SSSR count). The Bertz CT molecular complexity index is 383. The molecule has 23 heavy (non-hydrogen) atoms. The lowest BCUT2D eigenvalue weighted by Crippen LogP contribution is -2.20. The number of carbonyl (C=O) groups excluding carboxylic acids is 2. The van der Waals surface area contributed by atoms with Gasteiger partial charge in [0.05, 0.1) is 18.8 Å². The van der Waals surface area contributed by atoms with Crippen LogP contribution in [0.15, 0.2) is 11.1 Å². The van der Waals surface area contributed by atoms with Crippen LogP contribution in [0.1, 0.15) is 79.6 Å². The van der Waals surface area contributed by atoms with Gasteiger partial charge in [-0.1, -0.05) is 52.9 Å².